The van der Waals surface area contributed by atoms with Gasteiger partial charge in [0.2, 0.25) is 5.88 Å². The van der Waals surface area contributed by atoms with Crippen LogP contribution in [0.3, 0.4) is 0 Å². The highest BCUT2D eigenvalue weighted by Gasteiger charge is 2.33. The lowest BCUT2D eigenvalue weighted by atomic mass is 10.1. The van der Waals surface area contributed by atoms with Gasteiger partial charge in [-0.25, -0.2) is 4.79 Å². The third-order valence-corrected chi connectivity index (χ3v) is 5.39. The van der Waals surface area contributed by atoms with E-state index in [1.165, 1.54) is 6.07 Å². The van der Waals surface area contributed by atoms with Crippen LogP contribution in [0.25, 0.3) is 0 Å². The number of alkyl halides is 3. The molecule has 0 fully saturated rings. The van der Waals surface area contributed by atoms with Gasteiger partial charge < -0.3 is 14.4 Å². The SMILES string of the molecule is CN1CCn2c1cc(OCCc1ccc(Oc3ccc(Cl)c(C(F)(F)F)c3)cc1)nc2=O. The molecule has 32 heavy (non-hydrogen) atoms. The van der Waals surface area contributed by atoms with Gasteiger partial charge in [-0.1, -0.05) is 23.7 Å². The fourth-order valence-electron chi connectivity index (χ4n) is 3.36. The zero-order chi connectivity index (χ0) is 22.9. The van der Waals surface area contributed by atoms with Crippen molar-refractivity contribution in [2.45, 2.75) is 19.1 Å². The van der Waals surface area contributed by atoms with Crippen LogP contribution in [0.4, 0.5) is 19.0 Å². The van der Waals surface area contributed by atoms with Crippen LogP contribution in [-0.4, -0.2) is 29.8 Å². The van der Waals surface area contributed by atoms with E-state index in [0.717, 1.165) is 30.1 Å². The number of aromatic nitrogens is 2. The van der Waals surface area contributed by atoms with E-state index in [1.807, 2.05) is 11.9 Å². The van der Waals surface area contributed by atoms with Crippen molar-refractivity contribution < 1.29 is 22.6 Å². The Bertz CT molecular complexity index is 1180. The van der Waals surface area contributed by atoms with Crippen molar-refractivity contribution in [3.8, 4) is 17.4 Å². The molecule has 0 spiro atoms. The largest absolute Gasteiger partial charge is 0.477 e. The molecule has 1 aromatic heterocycles. The predicted octanol–water partition coefficient (Wildman–Crippen LogP) is 4.78. The second kappa shape index (κ2) is 8.74. The van der Waals surface area contributed by atoms with Crippen LogP contribution in [0.2, 0.25) is 5.02 Å². The van der Waals surface area contributed by atoms with Gasteiger partial charge >= 0.3 is 11.9 Å². The highest BCUT2D eigenvalue weighted by atomic mass is 35.5. The van der Waals surface area contributed by atoms with E-state index in [0.29, 0.717) is 25.3 Å². The minimum absolute atomic E-state index is 0.0387. The molecule has 168 valence electrons. The summed E-state index contributed by atoms with van der Waals surface area (Å²) in [7, 11) is 1.90. The summed E-state index contributed by atoms with van der Waals surface area (Å²) in [6.07, 6.45) is -4.01. The lowest BCUT2D eigenvalue weighted by Crippen LogP contribution is -2.22. The van der Waals surface area contributed by atoms with Gasteiger partial charge in [0, 0.05) is 32.6 Å². The van der Waals surface area contributed by atoms with Crippen molar-refractivity contribution >= 4 is 17.4 Å². The molecule has 0 amide bonds. The number of hydrogen-bond donors (Lipinski definition) is 0. The minimum Gasteiger partial charge on any atom is -0.477 e. The Morgan fingerprint density at radius 3 is 2.50 bits per heavy atom. The van der Waals surface area contributed by atoms with Gasteiger partial charge in [-0.2, -0.15) is 18.2 Å². The van der Waals surface area contributed by atoms with E-state index in [1.54, 1.807) is 34.9 Å². The maximum absolute atomic E-state index is 13.0. The van der Waals surface area contributed by atoms with Gasteiger partial charge in [-0.05, 0) is 35.9 Å². The fourth-order valence-corrected chi connectivity index (χ4v) is 3.58. The fraction of sp³-hybridized carbons (Fsp3) is 0.273. The van der Waals surface area contributed by atoms with Crippen LogP contribution < -0.4 is 20.1 Å². The van der Waals surface area contributed by atoms with E-state index in [9.17, 15) is 18.0 Å². The minimum atomic E-state index is -4.56. The summed E-state index contributed by atoms with van der Waals surface area (Å²) in [5, 5.41) is -0.382. The molecule has 0 saturated heterocycles. The smallest absolute Gasteiger partial charge is 0.417 e. The Morgan fingerprint density at radius 2 is 1.78 bits per heavy atom. The van der Waals surface area contributed by atoms with Gasteiger partial charge in [0.1, 0.15) is 17.3 Å². The van der Waals surface area contributed by atoms with Crippen LogP contribution in [0.15, 0.2) is 53.3 Å². The van der Waals surface area contributed by atoms with Crippen LogP contribution in [0.1, 0.15) is 11.1 Å². The van der Waals surface area contributed by atoms with Gasteiger partial charge in [-0.3, -0.25) is 4.57 Å². The average molecular weight is 466 g/mol. The van der Waals surface area contributed by atoms with E-state index in [2.05, 4.69) is 4.98 Å². The Hall–Kier alpha value is -3.20. The van der Waals surface area contributed by atoms with Gasteiger partial charge in [-0.15, -0.1) is 0 Å². The van der Waals surface area contributed by atoms with Crippen molar-refractivity contribution in [1.29, 1.82) is 0 Å². The standard InChI is InChI=1S/C22H19ClF3N3O3/c1-28-9-10-29-20(28)13-19(27-21(29)30)31-11-8-14-2-4-15(5-3-14)32-16-6-7-18(23)17(12-16)22(24,25)26/h2-7,12-13H,8-11H2,1H3. The van der Waals surface area contributed by atoms with Gasteiger partial charge in [0.05, 0.1) is 17.2 Å². The summed E-state index contributed by atoms with van der Waals surface area (Å²) < 4.78 is 51.7. The molecule has 1 aliphatic rings. The number of ether oxygens (including phenoxy) is 2. The summed E-state index contributed by atoms with van der Waals surface area (Å²) in [5.74, 6) is 1.48. The second-order valence-corrected chi connectivity index (χ2v) is 7.70. The van der Waals surface area contributed by atoms with Crippen molar-refractivity contribution in [3.05, 3.63) is 75.2 Å². The van der Waals surface area contributed by atoms with Crippen LogP contribution in [-0.2, 0) is 19.1 Å². The van der Waals surface area contributed by atoms with Crippen LogP contribution in [0.5, 0.6) is 17.4 Å². The molecule has 1 aliphatic heterocycles. The second-order valence-electron chi connectivity index (χ2n) is 7.29. The van der Waals surface area contributed by atoms with Crippen molar-refractivity contribution in [3.63, 3.8) is 0 Å². The number of fused-ring (bicyclic) bond motifs is 1. The molecule has 0 radical (unpaired) electrons. The third kappa shape index (κ3) is 4.83. The molecule has 0 unspecified atom stereocenters. The molecule has 0 saturated carbocycles. The van der Waals surface area contributed by atoms with E-state index in [-0.39, 0.29) is 22.3 Å². The first-order chi connectivity index (χ1) is 15.2. The van der Waals surface area contributed by atoms with Gasteiger partial charge in [0.25, 0.3) is 0 Å². The zero-order valence-corrected chi connectivity index (χ0v) is 17.8. The van der Waals surface area contributed by atoms with Crippen molar-refractivity contribution in [1.82, 2.24) is 9.55 Å². The summed E-state index contributed by atoms with van der Waals surface area (Å²) in [5.41, 5.74) is -0.352. The molecule has 2 heterocycles. The first-order valence-electron chi connectivity index (χ1n) is 9.80. The summed E-state index contributed by atoms with van der Waals surface area (Å²) in [6.45, 7) is 1.67. The van der Waals surface area contributed by atoms with E-state index >= 15 is 0 Å². The first kappa shape index (κ1) is 22.0. The number of nitrogens with zero attached hydrogens (tertiary/aromatic N) is 3. The number of anilines is 1. The van der Waals surface area contributed by atoms with Crippen LogP contribution in [0, 0.1) is 0 Å². The molecular formula is C22H19ClF3N3O3. The van der Waals surface area contributed by atoms with Gasteiger partial charge in [0.15, 0.2) is 0 Å². The number of rotatable bonds is 6. The van der Waals surface area contributed by atoms with Crippen LogP contribution >= 0.6 is 11.6 Å². The molecule has 3 aromatic rings. The van der Waals surface area contributed by atoms with E-state index < -0.39 is 11.7 Å². The quantitative estimate of drug-likeness (QED) is 0.524. The zero-order valence-electron chi connectivity index (χ0n) is 17.0. The Morgan fingerprint density at radius 1 is 1.06 bits per heavy atom. The summed E-state index contributed by atoms with van der Waals surface area (Å²) in [4.78, 5) is 18.0. The Labute approximate surface area is 186 Å². The Kier molecular flexibility index (Phi) is 6.01. The van der Waals surface area contributed by atoms with E-state index in [4.69, 9.17) is 21.1 Å². The summed E-state index contributed by atoms with van der Waals surface area (Å²) >= 11 is 5.63. The molecule has 0 bridgehead atoms. The first-order valence-corrected chi connectivity index (χ1v) is 10.2. The maximum atomic E-state index is 13.0. The molecule has 0 aliphatic carbocycles. The number of likely N-dealkylation sites (N-methyl/N-ethyl adjacent to an activating group) is 1. The number of halogens is 4. The Balaban J connectivity index is 1.36. The van der Waals surface area contributed by atoms with Crippen molar-refractivity contribution in [2.24, 2.45) is 0 Å². The molecule has 2 aromatic carbocycles. The topological polar surface area (TPSA) is 56.6 Å². The summed E-state index contributed by atoms with van der Waals surface area (Å²) in [6, 6.07) is 12.0. The molecule has 0 atom stereocenters. The molecule has 10 heteroatoms. The highest BCUT2D eigenvalue weighted by molar-refractivity contribution is 6.31. The van der Waals surface area contributed by atoms with Crippen molar-refractivity contribution in [2.75, 3.05) is 25.1 Å². The highest BCUT2D eigenvalue weighted by Crippen LogP contribution is 2.37. The molecule has 6 nitrogen and oxygen atoms in total. The average Bonchev–Trinajstić information content (AvgIpc) is 3.11. The molecule has 0 N–H and O–H groups in total. The number of benzene rings is 2. The lowest BCUT2D eigenvalue weighted by Gasteiger charge is -2.13. The lowest BCUT2D eigenvalue weighted by molar-refractivity contribution is -0.137. The monoisotopic (exact) mass is 465 g/mol. The molecule has 4 rings (SSSR count). The predicted molar refractivity (Wildman–Crippen MR) is 114 cm³/mol. The number of hydrogen-bond acceptors (Lipinski definition) is 5. The third-order valence-electron chi connectivity index (χ3n) is 5.06. The molecular weight excluding hydrogens is 447 g/mol. The maximum Gasteiger partial charge on any atom is 0.417 e. The normalized spacial score (nSPS) is 13.2.